The molecule has 2 rings (SSSR count). The van der Waals surface area contributed by atoms with E-state index in [1.54, 1.807) is 18.9 Å². The predicted molar refractivity (Wildman–Crippen MR) is 95.9 cm³/mol. The molecule has 0 N–H and O–H groups in total. The molecule has 1 aliphatic heterocycles. The first-order valence-corrected chi connectivity index (χ1v) is 9.34. The van der Waals surface area contributed by atoms with Crippen LogP contribution in [0.3, 0.4) is 0 Å². The summed E-state index contributed by atoms with van der Waals surface area (Å²) in [5.74, 6) is 7.04. The quantitative estimate of drug-likeness (QED) is 0.386. The van der Waals surface area contributed by atoms with Crippen LogP contribution >= 0.6 is 11.8 Å². The van der Waals surface area contributed by atoms with Crippen molar-refractivity contribution < 1.29 is 18.9 Å². The molecule has 1 aromatic rings. The zero-order chi connectivity index (χ0) is 16.9. The number of thioether (sulfide) groups is 1. The highest BCUT2D eigenvalue weighted by Crippen LogP contribution is 2.20. The highest BCUT2D eigenvalue weighted by Gasteiger charge is 2.13. The van der Waals surface area contributed by atoms with Gasteiger partial charge in [0, 0.05) is 30.8 Å². The van der Waals surface area contributed by atoms with Crippen LogP contribution in [0.2, 0.25) is 0 Å². The maximum atomic E-state index is 5.70. The number of hydrogen-bond donors (Lipinski definition) is 0. The van der Waals surface area contributed by atoms with E-state index in [2.05, 4.69) is 24.0 Å². The molecule has 0 aromatic heterocycles. The van der Waals surface area contributed by atoms with Crippen molar-refractivity contribution in [1.29, 1.82) is 0 Å². The molecule has 0 aliphatic carbocycles. The molecule has 0 amide bonds. The zero-order valence-electron chi connectivity index (χ0n) is 14.2. The van der Waals surface area contributed by atoms with E-state index in [0.717, 1.165) is 25.2 Å². The molecule has 2 atom stereocenters. The Morgan fingerprint density at radius 1 is 1.25 bits per heavy atom. The molecule has 1 fully saturated rings. The topological polar surface area (TPSA) is 36.9 Å². The first-order chi connectivity index (χ1) is 11.9. The van der Waals surface area contributed by atoms with E-state index < -0.39 is 0 Å². The molecule has 5 heteroatoms. The van der Waals surface area contributed by atoms with Crippen LogP contribution in [0.4, 0.5) is 0 Å². The van der Waals surface area contributed by atoms with E-state index in [1.165, 1.54) is 11.3 Å². The summed E-state index contributed by atoms with van der Waals surface area (Å²) in [6, 6.07) is 10.3. The first kappa shape index (κ1) is 19.3. The lowest BCUT2D eigenvalue weighted by atomic mass is 10.2. The van der Waals surface area contributed by atoms with Crippen molar-refractivity contribution in [3.8, 4) is 11.8 Å². The van der Waals surface area contributed by atoms with Gasteiger partial charge in [0.2, 0.25) is 0 Å². The van der Waals surface area contributed by atoms with E-state index in [-0.39, 0.29) is 19.2 Å². The van der Waals surface area contributed by atoms with E-state index >= 15 is 0 Å². The van der Waals surface area contributed by atoms with Gasteiger partial charge in [0.1, 0.15) is 13.4 Å². The minimum atomic E-state index is -0.0813. The largest absolute Gasteiger partial charge is 0.359 e. The Kier molecular flexibility index (Phi) is 9.93. The SMILES string of the molecule is COCO[C@@H](CC#CCOC1CCCCO1)CSc1ccccc1. The maximum Gasteiger partial charge on any atom is 0.158 e. The van der Waals surface area contributed by atoms with E-state index in [1.807, 2.05) is 18.2 Å². The van der Waals surface area contributed by atoms with Crippen molar-refractivity contribution in [2.24, 2.45) is 0 Å². The van der Waals surface area contributed by atoms with Gasteiger partial charge in [-0.1, -0.05) is 30.0 Å². The highest BCUT2D eigenvalue weighted by molar-refractivity contribution is 7.99. The average molecular weight is 350 g/mol. The average Bonchev–Trinajstić information content (AvgIpc) is 2.64. The molecule has 24 heavy (non-hydrogen) atoms. The number of benzene rings is 1. The molecule has 0 bridgehead atoms. The normalized spacial score (nSPS) is 18.6. The van der Waals surface area contributed by atoms with Gasteiger partial charge < -0.3 is 18.9 Å². The third-order valence-electron chi connectivity index (χ3n) is 3.53. The Hall–Kier alpha value is -1.03. The fourth-order valence-corrected chi connectivity index (χ4v) is 3.19. The first-order valence-electron chi connectivity index (χ1n) is 8.36. The van der Waals surface area contributed by atoms with Gasteiger partial charge in [0.25, 0.3) is 0 Å². The van der Waals surface area contributed by atoms with Gasteiger partial charge in [-0.2, -0.15) is 0 Å². The molecule has 132 valence electrons. The fourth-order valence-electron chi connectivity index (χ4n) is 2.25. The van der Waals surface area contributed by atoms with Gasteiger partial charge in [-0.05, 0) is 31.4 Å². The number of methoxy groups -OCH3 is 1. The Bertz CT molecular complexity index is 491. The van der Waals surface area contributed by atoms with Crippen LogP contribution in [0.5, 0.6) is 0 Å². The van der Waals surface area contributed by atoms with Crippen LogP contribution in [-0.2, 0) is 18.9 Å². The highest BCUT2D eigenvalue weighted by atomic mass is 32.2. The van der Waals surface area contributed by atoms with Gasteiger partial charge in [0.05, 0.1) is 6.10 Å². The van der Waals surface area contributed by atoms with Gasteiger partial charge in [-0.15, -0.1) is 11.8 Å². The number of rotatable bonds is 9. The molecule has 1 heterocycles. The monoisotopic (exact) mass is 350 g/mol. The molecule has 0 saturated carbocycles. The molecule has 1 saturated heterocycles. The van der Waals surface area contributed by atoms with E-state index in [9.17, 15) is 0 Å². The van der Waals surface area contributed by atoms with Crippen molar-refractivity contribution in [3.05, 3.63) is 30.3 Å². The Morgan fingerprint density at radius 2 is 2.12 bits per heavy atom. The van der Waals surface area contributed by atoms with Gasteiger partial charge >= 0.3 is 0 Å². The summed E-state index contributed by atoms with van der Waals surface area (Å²) in [4.78, 5) is 1.23. The van der Waals surface area contributed by atoms with Gasteiger partial charge in [0.15, 0.2) is 6.29 Å². The zero-order valence-corrected chi connectivity index (χ0v) is 15.1. The van der Waals surface area contributed by atoms with Crippen molar-refractivity contribution in [1.82, 2.24) is 0 Å². The third-order valence-corrected chi connectivity index (χ3v) is 4.68. The van der Waals surface area contributed by atoms with Crippen LogP contribution in [0, 0.1) is 11.8 Å². The molecule has 1 unspecified atom stereocenters. The lowest BCUT2D eigenvalue weighted by Gasteiger charge is -2.21. The van der Waals surface area contributed by atoms with Crippen LogP contribution < -0.4 is 0 Å². The van der Waals surface area contributed by atoms with Crippen LogP contribution in [0.15, 0.2) is 35.2 Å². The Balaban J connectivity index is 1.68. The van der Waals surface area contributed by atoms with Crippen molar-refractivity contribution in [2.45, 2.75) is 43.0 Å². The second-order valence-electron chi connectivity index (χ2n) is 5.48. The summed E-state index contributed by atoms with van der Waals surface area (Å²) in [5.41, 5.74) is 0. The summed E-state index contributed by atoms with van der Waals surface area (Å²) in [6.07, 6.45) is 3.88. The summed E-state index contributed by atoms with van der Waals surface area (Å²) >= 11 is 1.77. The summed E-state index contributed by atoms with van der Waals surface area (Å²) in [5, 5.41) is 0. The third kappa shape index (κ3) is 8.18. The van der Waals surface area contributed by atoms with Gasteiger partial charge in [-0.3, -0.25) is 0 Å². The van der Waals surface area contributed by atoms with Gasteiger partial charge in [-0.25, -0.2) is 0 Å². The minimum Gasteiger partial charge on any atom is -0.359 e. The second kappa shape index (κ2) is 12.3. The number of ether oxygens (including phenoxy) is 4. The molecule has 0 radical (unpaired) electrons. The standard InChI is InChI=1S/C19H26O4S/c1-20-16-23-17(15-24-18-10-3-2-4-11-18)9-5-7-13-21-19-12-6-8-14-22-19/h2-4,10-11,17,19H,6,8-9,12-16H2,1H3/t17-,19?/m0/s1. The smallest absolute Gasteiger partial charge is 0.158 e. The van der Waals surface area contributed by atoms with Crippen molar-refractivity contribution >= 4 is 11.8 Å². The summed E-state index contributed by atoms with van der Waals surface area (Å²) in [6.45, 7) is 1.49. The van der Waals surface area contributed by atoms with E-state index in [4.69, 9.17) is 18.9 Å². The van der Waals surface area contributed by atoms with Crippen LogP contribution in [-0.4, -0.2) is 45.3 Å². The maximum absolute atomic E-state index is 5.70. The minimum absolute atomic E-state index is 0.0357. The second-order valence-corrected chi connectivity index (χ2v) is 6.58. The molecule has 0 spiro atoms. The Labute approximate surface area is 149 Å². The molecule has 1 aliphatic rings. The lowest BCUT2D eigenvalue weighted by molar-refractivity contribution is -0.154. The van der Waals surface area contributed by atoms with Crippen LogP contribution in [0.1, 0.15) is 25.7 Å². The summed E-state index contributed by atoms with van der Waals surface area (Å²) < 4.78 is 21.8. The predicted octanol–water partition coefficient (Wildman–Crippen LogP) is 3.70. The fraction of sp³-hybridized carbons (Fsp3) is 0.579. The van der Waals surface area contributed by atoms with Crippen LogP contribution in [0.25, 0.3) is 0 Å². The lowest BCUT2D eigenvalue weighted by Crippen LogP contribution is -2.22. The molecular formula is C19H26O4S. The Morgan fingerprint density at radius 3 is 2.88 bits per heavy atom. The molecule has 1 aromatic carbocycles. The van der Waals surface area contributed by atoms with Crippen molar-refractivity contribution in [3.63, 3.8) is 0 Å². The summed E-state index contributed by atoms with van der Waals surface area (Å²) in [7, 11) is 1.63. The van der Waals surface area contributed by atoms with E-state index in [0.29, 0.717) is 13.0 Å². The number of hydrogen-bond acceptors (Lipinski definition) is 5. The van der Waals surface area contributed by atoms with Crippen molar-refractivity contribution in [2.75, 3.05) is 32.9 Å². The molecular weight excluding hydrogens is 324 g/mol. The molecule has 4 nitrogen and oxygen atoms in total.